The third kappa shape index (κ3) is 3.79. The average molecular weight is 292 g/mol. The van der Waals surface area contributed by atoms with Crippen LogP contribution in [0.3, 0.4) is 0 Å². The van der Waals surface area contributed by atoms with Crippen LogP contribution in [0.1, 0.15) is 15.9 Å². The number of aryl methyl sites for hydroxylation is 1. The molecule has 0 aliphatic carbocycles. The molecule has 2 aromatic rings. The molecule has 17 heavy (non-hydrogen) atoms. The number of hydrogen-bond acceptors (Lipinski definition) is 1. The van der Waals surface area contributed by atoms with E-state index in [1.807, 2.05) is 66.3 Å². The fraction of sp³-hybridized carbons (Fsp3) is 0.143. The SMILES string of the molecule is Cc1ccc(C(=O)C[n+]2ccccc2)cc1.[Br-]. The maximum atomic E-state index is 11.9. The Morgan fingerprint density at radius 1 is 1.06 bits per heavy atom. The number of Topliss-reactive ketones (excluding diaryl/α,β-unsaturated/α-hetero) is 1. The zero-order valence-electron chi connectivity index (χ0n) is 9.64. The minimum Gasteiger partial charge on any atom is -1.00 e. The van der Waals surface area contributed by atoms with Gasteiger partial charge in [0, 0.05) is 17.7 Å². The molecule has 88 valence electrons. The summed E-state index contributed by atoms with van der Waals surface area (Å²) in [6.45, 7) is 2.41. The lowest BCUT2D eigenvalue weighted by Gasteiger charge is -1.98. The summed E-state index contributed by atoms with van der Waals surface area (Å²) < 4.78 is 1.88. The first-order valence-electron chi connectivity index (χ1n) is 5.30. The van der Waals surface area contributed by atoms with Gasteiger partial charge >= 0.3 is 0 Å². The van der Waals surface area contributed by atoms with Gasteiger partial charge in [0.05, 0.1) is 0 Å². The zero-order chi connectivity index (χ0) is 11.4. The number of halogens is 1. The van der Waals surface area contributed by atoms with Gasteiger partial charge in [-0.15, -0.1) is 0 Å². The average Bonchev–Trinajstić information content (AvgIpc) is 2.31. The Morgan fingerprint density at radius 3 is 2.24 bits per heavy atom. The fourth-order valence-electron chi connectivity index (χ4n) is 1.54. The van der Waals surface area contributed by atoms with Crippen LogP contribution >= 0.6 is 0 Å². The molecule has 2 rings (SSSR count). The number of carbonyl (C=O) groups excluding carboxylic acids is 1. The maximum absolute atomic E-state index is 11.9. The Bertz CT molecular complexity index is 479. The van der Waals surface area contributed by atoms with Gasteiger partial charge in [-0.05, 0) is 6.92 Å². The van der Waals surface area contributed by atoms with Gasteiger partial charge in [-0.3, -0.25) is 4.79 Å². The highest BCUT2D eigenvalue weighted by Crippen LogP contribution is 2.03. The molecule has 0 unspecified atom stereocenters. The van der Waals surface area contributed by atoms with Crippen molar-refractivity contribution in [1.82, 2.24) is 0 Å². The Kier molecular flexibility index (Phi) is 5.04. The summed E-state index contributed by atoms with van der Waals surface area (Å²) in [4.78, 5) is 11.9. The van der Waals surface area contributed by atoms with E-state index in [9.17, 15) is 4.79 Å². The van der Waals surface area contributed by atoms with E-state index < -0.39 is 0 Å². The van der Waals surface area contributed by atoms with Gasteiger partial charge in [0.15, 0.2) is 12.4 Å². The van der Waals surface area contributed by atoms with Gasteiger partial charge in [0.1, 0.15) is 0 Å². The molecular formula is C14H14BrNO. The Morgan fingerprint density at radius 2 is 1.65 bits per heavy atom. The van der Waals surface area contributed by atoms with Crippen molar-refractivity contribution in [2.75, 3.05) is 0 Å². The monoisotopic (exact) mass is 291 g/mol. The number of benzene rings is 1. The number of rotatable bonds is 3. The van der Waals surface area contributed by atoms with Gasteiger partial charge in [0.2, 0.25) is 12.3 Å². The van der Waals surface area contributed by atoms with Crippen molar-refractivity contribution in [2.24, 2.45) is 0 Å². The van der Waals surface area contributed by atoms with E-state index in [-0.39, 0.29) is 22.8 Å². The standard InChI is InChI=1S/C14H14NO.BrH/c1-12-5-7-13(8-6-12)14(16)11-15-9-3-2-4-10-15;/h2-10H,11H2,1H3;1H/q+1;/p-1. The van der Waals surface area contributed by atoms with Crippen molar-refractivity contribution in [3.8, 4) is 0 Å². The predicted molar refractivity (Wildman–Crippen MR) is 62.1 cm³/mol. The third-order valence-corrected chi connectivity index (χ3v) is 2.48. The predicted octanol–water partition coefficient (Wildman–Crippen LogP) is -0.831. The normalized spacial score (nSPS) is 9.47. The summed E-state index contributed by atoms with van der Waals surface area (Å²) in [5.41, 5.74) is 1.94. The molecule has 0 N–H and O–H groups in total. The first kappa shape index (κ1) is 13.6. The van der Waals surface area contributed by atoms with E-state index in [0.29, 0.717) is 6.54 Å². The van der Waals surface area contributed by atoms with Crippen LogP contribution in [-0.4, -0.2) is 5.78 Å². The maximum Gasteiger partial charge on any atom is 0.227 e. The lowest BCUT2D eigenvalue weighted by atomic mass is 10.1. The molecule has 0 radical (unpaired) electrons. The largest absolute Gasteiger partial charge is 1.00 e. The lowest BCUT2D eigenvalue weighted by Crippen LogP contribution is -3.00. The molecule has 0 spiro atoms. The molecule has 1 aromatic carbocycles. The summed E-state index contributed by atoms with van der Waals surface area (Å²) in [7, 11) is 0. The summed E-state index contributed by atoms with van der Waals surface area (Å²) >= 11 is 0. The third-order valence-electron chi connectivity index (χ3n) is 2.48. The van der Waals surface area contributed by atoms with E-state index in [0.717, 1.165) is 5.56 Å². The second kappa shape index (κ2) is 6.30. The molecule has 1 heterocycles. The second-order valence-corrected chi connectivity index (χ2v) is 3.84. The Balaban J connectivity index is 0.00000144. The van der Waals surface area contributed by atoms with Crippen molar-refractivity contribution < 1.29 is 26.3 Å². The van der Waals surface area contributed by atoms with Crippen LogP contribution < -0.4 is 21.5 Å². The molecule has 2 nitrogen and oxygen atoms in total. The minimum absolute atomic E-state index is 0. The van der Waals surface area contributed by atoms with Crippen LogP contribution in [0.5, 0.6) is 0 Å². The summed E-state index contributed by atoms with van der Waals surface area (Å²) in [5, 5.41) is 0. The molecule has 0 fully saturated rings. The van der Waals surface area contributed by atoms with Crippen molar-refractivity contribution in [1.29, 1.82) is 0 Å². The van der Waals surface area contributed by atoms with Crippen LogP contribution in [0.4, 0.5) is 0 Å². The lowest BCUT2D eigenvalue weighted by molar-refractivity contribution is -0.683. The highest BCUT2D eigenvalue weighted by Gasteiger charge is 2.10. The molecule has 3 heteroatoms. The van der Waals surface area contributed by atoms with Crippen molar-refractivity contribution in [3.63, 3.8) is 0 Å². The molecule has 0 aliphatic rings. The Labute approximate surface area is 112 Å². The molecule has 0 bridgehead atoms. The number of hydrogen-bond donors (Lipinski definition) is 0. The van der Waals surface area contributed by atoms with E-state index in [4.69, 9.17) is 0 Å². The van der Waals surface area contributed by atoms with Gasteiger partial charge in [-0.1, -0.05) is 35.9 Å². The molecule has 0 atom stereocenters. The first-order valence-corrected chi connectivity index (χ1v) is 5.30. The van der Waals surface area contributed by atoms with Crippen molar-refractivity contribution in [2.45, 2.75) is 13.5 Å². The van der Waals surface area contributed by atoms with Crippen LogP contribution in [0.15, 0.2) is 54.9 Å². The van der Waals surface area contributed by atoms with Crippen LogP contribution in [0, 0.1) is 6.92 Å². The highest BCUT2D eigenvalue weighted by molar-refractivity contribution is 5.95. The minimum atomic E-state index is 0. The Hall–Kier alpha value is -1.48. The fourth-order valence-corrected chi connectivity index (χ4v) is 1.54. The van der Waals surface area contributed by atoms with Crippen molar-refractivity contribution >= 4 is 5.78 Å². The summed E-state index contributed by atoms with van der Waals surface area (Å²) in [6, 6.07) is 13.5. The van der Waals surface area contributed by atoms with E-state index >= 15 is 0 Å². The summed E-state index contributed by atoms with van der Waals surface area (Å²) in [6.07, 6.45) is 3.79. The molecule has 0 saturated heterocycles. The smallest absolute Gasteiger partial charge is 0.227 e. The number of aromatic nitrogens is 1. The van der Waals surface area contributed by atoms with Gasteiger partial charge in [0.25, 0.3) is 0 Å². The quantitative estimate of drug-likeness (QED) is 0.534. The topological polar surface area (TPSA) is 20.9 Å². The molecular weight excluding hydrogens is 278 g/mol. The van der Waals surface area contributed by atoms with E-state index in [1.54, 1.807) is 0 Å². The summed E-state index contributed by atoms with van der Waals surface area (Å²) in [5.74, 6) is 0.135. The highest BCUT2D eigenvalue weighted by atomic mass is 79.9. The van der Waals surface area contributed by atoms with Gasteiger partial charge in [-0.2, -0.15) is 4.57 Å². The molecule has 0 saturated carbocycles. The number of carbonyl (C=O) groups is 1. The van der Waals surface area contributed by atoms with Gasteiger partial charge < -0.3 is 17.0 Å². The van der Waals surface area contributed by atoms with Crippen LogP contribution in [-0.2, 0) is 6.54 Å². The zero-order valence-corrected chi connectivity index (χ0v) is 11.2. The second-order valence-electron chi connectivity index (χ2n) is 3.84. The van der Waals surface area contributed by atoms with E-state index in [2.05, 4.69) is 0 Å². The number of pyridine rings is 1. The molecule has 0 amide bonds. The first-order chi connectivity index (χ1) is 7.75. The van der Waals surface area contributed by atoms with E-state index in [1.165, 1.54) is 5.56 Å². The number of nitrogens with zero attached hydrogens (tertiary/aromatic N) is 1. The van der Waals surface area contributed by atoms with Crippen LogP contribution in [0.25, 0.3) is 0 Å². The molecule has 1 aromatic heterocycles. The molecule has 0 aliphatic heterocycles. The van der Waals surface area contributed by atoms with Gasteiger partial charge in [-0.25, -0.2) is 0 Å². The van der Waals surface area contributed by atoms with Crippen LogP contribution in [0.2, 0.25) is 0 Å². The van der Waals surface area contributed by atoms with Crippen molar-refractivity contribution in [3.05, 3.63) is 66.0 Å². The number of ketones is 1.